The first-order valence-corrected chi connectivity index (χ1v) is 27.3. The number of nitrogens with zero attached hydrogens (tertiary/aromatic N) is 3. The minimum atomic E-state index is -3.01. The molecule has 0 aliphatic heterocycles. The second-order valence-electron chi connectivity index (χ2n) is 19.1. The lowest BCUT2D eigenvalue weighted by Crippen LogP contribution is -2.74. The van der Waals surface area contributed by atoms with Crippen LogP contribution in [0.5, 0.6) is 0 Å². The molecule has 15 aromatic rings. The third-order valence-corrected chi connectivity index (χ3v) is 19.9. The van der Waals surface area contributed by atoms with Crippen LogP contribution in [0, 0.1) is 0 Å². The molecule has 0 saturated carbocycles. The third kappa shape index (κ3) is 6.81. The average Bonchev–Trinajstić information content (AvgIpc) is 1.53. The van der Waals surface area contributed by atoms with E-state index < -0.39 is 91.7 Å². The number of para-hydroxylation sites is 3. The fourth-order valence-electron chi connectivity index (χ4n) is 11.8. The van der Waals surface area contributed by atoms with E-state index in [1.54, 1.807) is 6.07 Å². The van der Waals surface area contributed by atoms with Crippen LogP contribution in [-0.2, 0) is 0 Å². The molecule has 15 rings (SSSR count). The molecule has 4 heteroatoms. The van der Waals surface area contributed by atoms with E-state index in [9.17, 15) is 6.85 Å². The fraction of sp³-hybridized carbons (Fsp3) is 0. The zero-order chi connectivity index (χ0) is 60.6. The standard InChI is InChI=1S/C72H49N3Si/c1-6-22-50(23-7-1)52-38-43-70-66(46-52)63-34-18-21-37-69(63)73(70)54-39-41-64-61-32-16-19-35-67(61)74(71(64)48-54)55-44-53(51-24-8-2-9-25-51)45-56(47-55)75-68-36-20-17-33-62(68)65-42-40-60(49-72(65)75)76(57-26-10-3-11-27-57,58-28-12-4-13-29-58)59-30-14-5-15-31-59/h1-49H/i1D,6D,7D,18D,21D,22D,23D,34D,37D,38D,43D,46D. The van der Waals surface area contributed by atoms with Crippen LogP contribution in [-0.4, -0.2) is 21.8 Å². The summed E-state index contributed by atoms with van der Waals surface area (Å²) in [5.74, 6) is 0. The second-order valence-corrected chi connectivity index (χ2v) is 22.9. The Balaban J connectivity index is 1.03. The number of aromatic nitrogens is 3. The van der Waals surface area contributed by atoms with Crippen LogP contribution >= 0.6 is 0 Å². The van der Waals surface area contributed by atoms with Crippen molar-refractivity contribution in [3.63, 3.8) is 0 Å². The Bertz CT molecular complexity index is 5290. The van der Waals surface area contributed by atoms with E-state index in [0.29, 0.717) is 11.2 Å². The predicted octanol–water partition coefficient (Wildman–Crippen LogP) is 15.7. The molecule has 3 nitrogen and oxygen atoms in total. The lowest BCUT2D eigenvalue weighted by molar-refractivity contribution is 1.13. The van der Waals surface area contributed by atoms with Crippen molar-refractivity contribution in [2.75, 3.05) is 0 Å². The van der Waals surface area contributed by atoms with Gasteiger partial charge in [0.05, 0.1) is 49.5 Å². The van der Waals surface area contributed by atoms with Gasteiger partial charge in [0.25, 0.3) is 0 Å². The molecule has 3 aromatic heterocycles. The van der Waals surface area contributed by atoms with Gasteiger partial charge in [-0.2, -0.15) is 0 Å². The van der Waals surface area contributed by atoms with E-state index in [1.165, 1.54) is 25.3 Å². The molecule has 0 spiro atoms. The number of benzene rings is 12. The zero-order valence-electron chi connectivity index (χ0n) is 52.7. The van der Waals surface area contributed by atoms with E-state index in [-0.39, 0.29) is 21.8 Å². The van der Waals surface area contributed by atoms with Crippen molar-refractivity contribution in [2.24, 2.45) is 0 Å². The molecule has 0 aliphatic rings. The zero-order valence-corrected chi connectivity index (χ0v) is 41.7. The molecule has 0 atom stereocenters. The number of fused-ring (bicyclic) bond motifs is 9. The second kappa shape index (κ2) is 17.7. The lowest BCUT2D eigenvalue weighted by atomic mass is 10.0. The molecule has 356 valence electrons. The third-order valence-electron chi connectivity index (χ3n) is 15.1. The summed E-state index contributed by atoms with van der Waals surface area (Å²) in [5.41, 5.74) is 6.60. The lowest BCUT2D eigenvalue weighted by Gasteiger charge is -2.34. The molecule has 0 N–H and O–H groups in total. The van der Waals surface area contributed by atoms with E-state index in [0.717, 1.165) is 60.6 Å². The smallest absolute Gasteiger partial charge is 0.179 e. The minimum absolute atomic E-state index is 0.0550. The summed E-state index contributed by atoms with van der Waals surface area (Å²) in [5, 5.41) is 8.71. The van der Waals surface area contributed by atoms with Crippen molar-refractivity contribution in [2.45, 2.75) is 0 Å². The topological polar surface area (TPSA) is 14.8 Å². The first-order valence-electron chi connectivity index (χ1n) is 31.3. The van der Waals surface area contributed by atoms with Gasteiger partial charge in [0.15, 0.2) is 8.07 Å². The number of rotatable bonds is 9. The largest absolute Gasteiger partial charge is 0.309 e. The summed E-state index contributed by atoms with van der Waals surface area (Å²) in [4.78, 5) is 0. The maximum absolute atomic E-state index is 9.82. The summed E-state index contributed by atoms with van der Waals surface area (Å²) >= 11 is 0. The molecule has 0 amide bonds. The van der Waals surface area contributed by atoms with Crippen LogP contribution in [0.2, 0.25) is 0 Å². The molecule has 0 saturated heterocycles. The molecule has 12 aromatic carbocycles. The van der Waals surface area contributed by atoms with Crippen LogP contribution in [0.3, 0.4) is 0 Å². The highest BCUT2D eigenvalue weighted by molar-refractivity contribution is 7.20. The Morgan fingerprint density at radius 1 is 0.250 bits per heavy atom. The highest BCUT2D eigenvalue weighted by Crippen LogP contribution is 2.41. The summed E-state index contributed by atoms with van der Waals surface area (Å²) in [6.45, 7) is 0. The van der Waals surface area contributed by atoms with Gasteiger partial charge in [-0.1, -0.05) is 230 Å². The van der Waals surface area contributed by atoms with Crippen molar-refractivity contribution in [3.8, 4) is 39.3 Å². The van der Waals surface area contributed by atoms with Crippen molar-refractivity contribution in [1.82, 2.24) is 13.7 Å². The molecule has 3 heterocycles. The summed E-state index contributed by atoms with van der Waals surface area (Å²) < 4.78 is 115. The molecule has 0 aliphatic carbocycles. The van der Waals surface area contributed by atoms with Crippen molar-refractivity contribution in [3.05, 3.63) is 297 Å². The molecule has 0 radical (unpaired) electrons. The normalized spacial score (nSPS) is 14.2. The van der Waals surface area contributed by atoms with Gasteiger partial charge in [0.2, 0.25) is 0 Å². The molecule has 0 bridgehead atoms. The Morgan fingerprint density at radius 2 is 0.737 bits per heavy atom. The highest BCUT2D eigenvalue weighted by Gasteiger charge is 2.41. The van der Waals surface area contributed by atoms with Crippen molar-refractivity contribution >= 4 is 94.2 Å². The SMILES string of the molecule is [2H]c1c([2H])c([2H])c(-c2c([2H])c([2H])c3c(c2[2H])c2c([2H])c([2H])c([2H])c([2H])c2n3-c2ccc3c4ccccc4n(-c4cc(-c5ccccc5)cc(-n5c6ccccc6c6ccc([Si](c7ccccc7)(c7ccccc7)c7ccccc7)cc65)c4)c3c2)c([2H])c1[2H]. The summed E-state index contributed by atoms with van der Waals surface area (Å²) in [6.07, 6.45) is 0. The average molecular weight is 996 g/mol. The fourth-order valence-corrected chi connectivity index (χ4v) is 16.6. The first-order chi connectivity index (χ1) is 42.7. The Hall–Kier alpha value is -9.74. The summed E-state index contributed by atoms with van der Waals surface area (Å²) in [6, 6.07) is 71.8. The monoisotopic (exact) mass is 995 g/mol. The molecule has 0 unspecified atom stereocenters. The minimum Gasteiger partial charge on any atom is -0.309 e. The van der Waals surface area contributed by atoms with Gasteiger partial charge < -0.3 is 13.7 Å². The van der Waals surface area contributed by atoms with E-state index in [1.807, 2.05) is 42.5 Å². The molecule has 76 heavy (non-hydrogen) atoms. The van der Waals surface area contributed by atoms with Crippen LogP contribution in [0.15, 0.2) is 297 Å². The van der Waals surface area contributed by atoms with Gasteiger partial charge >= 0.3 is 0 Å². The quantitative estimate of drug-likeness (QED) is 0.101. The summed E-state index contributed by atoms with van der Waals surface area (Å²) in [7, 11) is -3.01. The van der Waals surface area contributed by atoms with Gasteiger partial charge in [0, 0.05) is 49.4 Å². The van der Waals surface area contributed by atoms with Crippen LogP contribution in [0.1, 0.15) is 16.4 Å². The van der Waals surface area contributed by atoms with Gasteiger partial charge in [-0.15, -0.1) is 0 Å². The number of hydrogen-bond acceptors (Lipinski definition) is 0. The van der Waals surface area contributed by atoms with Crippen LogP contribution in [0.4, 0.5) is 0 Å². The van der Waals surface area contributed by atoms with Crippen molar-refractivity contribution < 1.29 is 16.4 Å². The molecule has 0 fully saturated rings. The van der Waals surface area contributed by atoms with Crippen LogP contribution in [0.25, 0.3) is 105 Å². The van der Waals surface area contributed by atoms with Gasteiger partial charge in [-0.25, -0.2) is 0 Å². The van der Waals surface area contributed by atoms with Crippen LogP contribution < -0.4 is 20.7 Å². The predicted molar refractivity (Wildman–Crippen MR) is 324 cm³/mol. The van der Waals surface area contributed by atoms with Gasteiger partial charge in [0.1, 0.15) is 0 Å². The maximum Gasteiger partial charge on any atom is 0.179 e. The van der Waals surface area contributed by atoms with E-state index in [2.05, 4.69) is 185 Å². The van der Waals surface area contributed by atoms with Gasteiger partial charge in [-0.3, -0.25) is 0 Å². The highest BCUT2D eigenvalue weighted by atomic mass is 28.3. The van der Waals surface area contributed by atoms with Crippen molar-refractivity contribution in [1.29, 1.82) is 0 Å². The van der Waals surface area contributed by atoms with E-state index in [4.69, 9.17) is 9.60 Å². The number of hydrogen-bond donors (Lipinski definition) is 0. The Labute approximate surface area is 458 Å². The maximum atomic E-state index is 9.82. The Morgan fingerprint density at radius 3 is 1.36 bits per heavy atom. The molecular formula is C72H49N3Si. The van der Waals surface area contributed by atoms with Gasteiger partial charge in [-0.05, 0) is 110 Å². The first kappa shape index (κ1) is 33.2. The molecular weight excluding hydrogens is 935 g/mol. The Kier molecular flexibility index (Phi) is 7.74. The van der Waals surface area contributed by atoms with E-state index >= 15 is 0 Å².